The molecule has 1 N–H and O–H groups in total. The molecule has 3 rings (SSSR count). The van der Waals surface area contributed by atoms with Crippen molar-refractivity contribution in [1.82, 2.24) is 5.43 Å². The molecule has 0 heterocycles. The van der Waals surface area contributed by atoms with Crippen LogP contribution >= 0.6 is 45.8 Å². The maximum Gasteiger partial charge on any atom is 0.271 e. The van der Waals surface area contributed by atoms with Crippen LogP contribution in [0.3, 0.4) is 0 Å². The van der Waals surface area contributed by atoms with Gasteiger partial charge >= 0.3 is 0 Å². The average Bonchev–Trinajstić information content (AvgIpc) is 2.88. The molecule has 3 aromatic carbocycles. The molecular weight excluding hydrogens is 630 g/mol. The van der Waals surface area contributed by atoms with Crippen molar-refractivity contribution in [2.75, 3.05) is 20.3 Å². The maximum absolute atomic E-state index is 12.6. The van der Waals surface area contributed by atoms with Crippen LogP contribution in [0.5, 0.6) is 23.0 Å². The van der Waals surface area contributed by atoms with Crippen molar-refractivity contribution in [3.8, 4) is 23.0 Å². The zero-order valence-electron chi connectivity index (χ0n) is 20.6. The van der Waals surface area contributed by atoms with Crippen molar-refractivity contribution < 1.29 is 23.7 Å². The summed E-state index contributed by atoms with van der Waals surface area (Å²) in [5, 5.41) is 5.19. The lowest BCUT2D eigenvalue weighted by molar-refractivity contribution is 0.0954. The highest BCUT2D eigenvalue weighted by molar-refractivity contribution is 14.1. The highest BCUT2D eigenvalue weighted by Gasteiger charge is 2.14. The minimum Gasteiger partial charge on any atom is -0.493 e. The zero-order valence-corrected chi connectivity index (χ0v) is 24.3. The SMILES string of the molecule is CCCOc1ccc(C(=O)N/N=C/c2cc(I)c(OCc3ccc(Cl)cc3Cl)c(OCC)c2)cc1OC. The van der Waals surface area contributed by atoms with Gasteiger partial charge < -0.3 is 18.9 Å². The van der Waals surface area contributed by atoms with Gasteiger partial charge in [-0.3, -0.25) is 4.79 Å². The molecule has 0 unspecified atom stereocenters. The summed E-state index contributed by atoms with van der Waals surface area (Å²) in [7, 11) is 1.53. The Hall–Kier alpha value is -2.69. The van der Waals surface area contributed by atoms with Gasteiger partial charge in [-0.2, -0.15) is 5.10 Å². The number of amides is 1. The Bertz CT molecular complexity index is 1270. The predicted molar refractivity (Wildman–Crippen MR) is 155 cm³/mol. The summed E-state index contributed by atoms with van der Waals surface area (Å²) in [6, 6.07) is 13.9. The molecular formula is C27H27Cl2IN2O5. The molecule has 0 bridgehead atoms. The van der Waals surface area contributed by atoms with Gasteiger partial charge in [0, 0.05) is 21.2 Å². The van der Waals surface area contributed by atoms with Crippen LogP contribution in [0.1, 0.15) is 41.8 Å². The van der Waals surface area contributed by atoms with Crippen molar-refractivity contribution in [3.63, 3.8) is 0 Å². The molecule has 3 aromatic rings. The molecule has 0 aliphatic heterocycles. The van der Waals surface area contributed by atoms with Gasteiger partial charge in [0.25, 0.3) is 5.91 Å². The number of nitrogens with zero attached hydrogens (tertiary/aromatic N) is 1. The Kier molecular flexibility index (Phi) is 11.2. The third-order valence-electron chi connectivity index (χ3n) is 4.99. The Morgan fingerprint density at radius 2 is 1.81 bits per heavy atom. The second kappa shape index (κ2) is 14.3. The second-order valence-corrected chi connectivity index (χ2v) is 9.71. The summed E-state index contributed by atoms with van der Waals surface area (Å²) in [6.07, 6.45) is 2.41. The number of carbonyl (C=O) groups excluding carboxylic acids is 1. The standard InChI is InChI=1S/C27H27Cl2IN2O5/c1-4-10-36-23-9-7-18(13-24(23)34-3)27(33)32-31-15-17-11-22(30)26(25(12-17)35-5-2)37-16-19-6-8-20(28)14-21(19)29/h6-9,11-15H,4-5,10,16H2,1-3H3,(H,32,33)/b31-15+. The molecule has 0 saturated heterocycles. The van der Waals surface area contributed by atoms with E-state index in [4.69, 9.17) is 42.1 Å². The number of carbonyl (C=O) groups is 1. The van der Waals surface area contributed by atoms with Gasteiger partial charge in [-0.15, -0.1) is 0 Å². The Morgan fingerprint density at radius 1 is 1.00 bits per heavy atom. The van der Waals surface area contributed by atoms with Crippen molar-refractivity contribution >= 4 is 57.9 Å². The molecule has 0 aliphatic rings. The number of ether oxygens (including phenoxy) is 4. The number of hydrogen-bond acceptors (Lipinski definition) is 6. The van der Waals surface area contributed by atoms with E-state index in [0.717, 1.165) is 21.1 Å². The van der Waals surface area contributed by atoms with Gasteiger partial charge in [0.2, 0.25) is 0 Å². The highest BCUT2D eigenvalue weighted by Crippen LogP contribution is 2.35. The Balaban J connectivity index is 1.71. The maximum atomic E-state index is 12.6. The van der Waals surface area contributed by atoms with Gasteiger partial charge in [-0.1, -0.05) is 36.2 Å². The lowest BCUT2D eigenvalue weighted by atomic mass is 10.2. The molecule has 0 aromatic heterocycles. The molecule has 7 nitrogen and oxygen atoms in total. The lowest BCUT2D eigenvalue weighted by Crippen LogP contribution is -2.17. The Labute approximate surface area is 240 Å². The Morgan fingerprint density at radius 3 is 2.51 bits per heavy atom. The van der Waals surface area contributed by atoms with E-state index in [1.54, 1.807) is 42.6 Å². The molecule has 0 spiro atoms. The first kappa shape index (κ1) is 28.9. The van der Waals surface area contributed by atoms with E-state index < -0.39 is 0 Å². The fraction of sp³-hybridized carbons (Fsp3) is 0.259. The lowest BCUT2D eigenvalue weighted by Gasteiger charge is -2.15. The van der Waals surface area contributed by atoms with Gasteiger partial charge in [-0.25, -0.2) is 5.43 Å². The molecule has 0 fully saturated rings. The van der Waals surface area contributed by atoms with Crippen LogP contribution in [0.15, 0.2) is 53.6 Å². The van der Waals surface area contributed by atoms with E-state index >= 15 is 0 Å². The van der Waals surface area contributed by atoms with Gasteiger partial charge in [0.1, 0.15) is 6.61 Å². The minimum atomic E-state index is -0.379. The van der Waals surface area contributed by atoms with Gasteiger partial charge in [0.15, 0.2) is 23.0 Å². The zero-order chi connectivity index (χ0) is 26.8. The summed E-state index contributed by atoms with van der Waals surface area (Å²) >= 11 is 14.4. The van der Waals surface area contributed by atoms with Crippen molar-refractivity contribution in [2.45, 2.75) is 26.9 Å². The molecule has 196 valence electrons. The first-order valence-corrected chi connectivity index (χ1v) is 13.4. The van der Waals surface area contributed by atoms with E-state index in [2.05, 4.69) is 33.1 Å². The molecule has 0 saturated carbocycles. The fourth-order valence-electron chi connectivity index (χ4n) is 3.22. The fourth-order valence-corrected chi connectivity index (χ4v) is 4.47. The van der Waals surface area contributed by atoms with Crippen LogP contribution in [0.25, 0.3) is 0 Å². The van der Waals surface area contributed by atoms with E-state index in [-0.39, 0.29) is 12.5 Å². The quantitative estimate of drug-likeness (QED) is 0.127. The van der Waals surface area contributed by atoms with Crippen molar-refractivity contribution in [2.24, 2.45) is 5.10 Å². The van der Waals surface area contributed by atoms with E-state index in [1.165, 1.54) is 7.11 Å². The largest absolute Gasteiger partial charge is 0.493 e. The molecule has 1 amide bonds. The number of nitrogens with one attached hydrogen (secondary N) is 1. The van der Waals surface area contributed by atoms with Crippen LogP contribution in [0.2, 0.25) is 10.0 Å². The van der Waals surface area contributed by atoms with E-state index in [0.29, 0.717) is 51.8 Å². The van der Waals surface area contributed by atoms with Crippen LogP contribution in [-0.4, -0.2) is 32.4 Å². The average molecular weight is 657 g/mol. The topological polar surface area (TPSA) is 78.4 Å². The number of halogens is 3. The summed E-state index contributed by atoms with van der Waals surface area (Å²) in [5.41, 5.74) is 4.47. The van der Waals surface area contributed by atoms with Gasteiger partial charge in [0.05, 0.1) is 30.1 Å². The van der Waals surface area contributed by atoms with Crippen LogP contribution in [-0.2, 0) is 6.61 Å². The molecule has 10 heteroatoms. The molecule has 0 radical (unpaired) electrons. The van der Waals surface area contributed by atoms with Crippen LogP contribution in [0, 0.1) is 3.57 Å². The van der Waals surface area contributed by atoms with E-state index in [1.807, 2.05) is 26.0 Å². The van der Waals surface area contributed by atoms with E-state index in [9.17, 15) is 4.79 Å². The molecule has 37 heavy (non-hydrogen) atoms. The van der Waals surface area contributed by atoms with Crippen LogP contribution in [0.4, 0.5) is 0 Å². The van der Waals surface area contributed by atoms with Crippen molar-refractivity contribution in [1.29, 1.82) is 0 Å². The number of hydrazone groups is 1. The summed E-state index contributed by atoms with van der Waals surface area (Å²) in [6.45, 7) is 5.17. The molecule has 0 atom stereocenters. The first-order chi connectivity index (χ1) is 17.9. The number of methoxy groups -OCH3 is 1. The third-order valence-corrected chi connectivity index (χ3v) is 6.37. The van der Waals surface area contributed by atoms with Crippen molar-refractivity contribution in [3.05, 3.63) is 78.8 Å². The minimum absolute atomic E-state index is 0.251. The second-order valence-electron chi connectivity index (χ2n) is 7.70. The number of benzene rings is 3. The monoisotopic (exact) mass is 656 g/mol. The predicted octanol–water partition coefficient (Wildman–Crippen LogP) is 7.14. The molecule has 0 aliphatic carbocycles. The number of rotatable bonds is 12. The normalized spacial score (nSPS) is 10.9. The third kappa shape index (κ3) is 8.15. The highest BCUT2D eigenvalue weighted by atomic mass is 127. The first-order valence-electron chi connectivity index (χ1n) is 11.5. The smallest absolute Gasteiger partial charge is 0.271 e. The van der Waals surface area contributed by atoms with Gasteiger partial charge in [-0.05, 0) is 84.0 Å². The summed E-state index contributed by atoms with van der Waals surface area (Å²) < 4.78 is 23.6. The summed E-state index contributed by atoms with van der Waals surface area (Å²) in [5.74, 6) is 1.84. The summed E-state index contributed by atoms with van der Waals surface area (Å²) in [4.78, 5) is 12.6. The van der Waals surface area contributed by atoms with Crippen LogP contribution < -0.4 is 24.4 Å². The number of hydrogen-bond donors (Lipinski definition) is 1.